The molecule has 1 aromatic carbocycles. The second-order valence-electron chi connectivity index (χ2n) is 4.88. The molecule has 6 heteroatoms. The highest BCUT2D eigenvalue weighted by atomic mass is 35.5. The maximum Gasteiger partial charge on any atom is 0.228 e. The topological polar surface area (TPSA) is 49.0 Å². The number of amides is 1. The Kier molecular flexibility index (Phi) is 3.44. The monoisotopic (exact) mass is 293 g/mol. The molecule has 0 aliphatic carbocycles. The van der Waals surface area contributed by atoms with E-state index < -0.39 is 0 Å². The lowest BCUT2D eigenvalue weighted by Crippen LogP contribution is -2.24. The maximum absolute atomic E-state index is 12.9. The zero-order valence-corrected chi connectivity index (χ0v) is 11.4. The highest BCUT2D eigenvalue weighted by molar-refractivity contribution is 6.18. The van der Waals surface area contributed by atoms with Gasteiger partial charge in [-0.2, -0.15) is 5.10 Å². The average Bonchev–Trinajstić information content (AvgIpc) is 3.06. The Morgan fingerprint density at radius 3 is 2.80 bits per heavy atom. The van der Waals surface area contributed by atoms with Gasteiger partial charge in [-0.25, -0.2) is 4.39 Å². The van der Waals surface area contributed by atoms with Crippen molar-refractivity contribution in [3.8, 4) is 11.3 Å². The molecule has 0 saturated carbocycles. The van der Waals surface area contributed by atoms with Gasteiger partial charge in [0.25, 0.3) is 0 Å². The van der Waals surface area contributed by atoms with Gasteiger partial charge in [0, 0.05) is 24.9 Å². The number of alkyl halides is 1. The summed E-state index contributed by atoms with van der Waals surface area (Å²) in [6.07, 6.45) is 0.461. The van der Waals surface area contributed by atoms with Crippen LogP contribution in [-0.4, -0.2) is 28.5 Å². The fourth-order valence-electron chi connectivity index (χ4n) is 2.33. The summed E-state index contributed by atoms with van der Waals surface area (Å²) in [4.78, 5) is 13.5. The number of aromatic nitrogens is 2. The van der Waals surface area contributed by atoms with Crippen LogP contribution in [0.4, 0.5) is 10.2 Å². The molecule has 1 amide bonds. The normalized spacial score (nSPS) is 18.8. The van der Waals surface area contributed by atoms with Gasteiger partial charge in [-0.05, 0) is 35.7 Å². The standard InChI is InChI=1S/C14H13ClFN3O/c15-7-9-5-14(20)19(8-9)13-6-12(17-18-13)10-1-3-11(16)4-2-10/h1-4,6,9H,5,7-8H2,(H,17,18). The van der Waals surface area contributed by atoms with Crippen molar-refractivity contribution < 1.29 is 9.18 Å². The van der Waals surface area contributed by atoms with Crippen LogP contribution in [0.25, 0.3) is 11.3 Å². The van der Waals surface area contributed by atoms with Crippen molar-refractivity contribution in [2.75, 3.05) is 17.3 Å². The molecule has 1 aromatic heterocycles. The number of rotatable bonds is 3. The lowest BCUT2D eigenvalue weighted by molar-refractivity contribution is -0.117. The molecule has 1 fully saturated rings. The van der Waals surface area contributed by atoms with Crippen molar-refractivity contribution in [1.29, 1.82) is 0 Å². The number of aromatic amines is 1. The third kappa shape index (κ3) is 2.41. The van der Waals surface area contributed by atoms with E-state index in [2.05, 4.69) is 10.2 Å². The molecular weight excluding hydrogens is 281 g/mol. The summed E-state index contributed by atoms with van der Waals surface area (Å²) in [7, 11) is 0. The molecule has 20 heavy (non-hydrogen) atoms. The number of benzene rings is 1. The molecule has 3 rings (SSSR count). The minimum Gasteiger partial charge on any atom is -0.295 e. The van der Waals surface area contributed by atoms with E-state index in [1.807, 2.05) is 0 Å². The lowest BCUT2D eigenvalue weighted by atomic mass is 10.1. The van der Waals surface area contributed by atoms with Crippen molar-refractivity contribution in [1.82, 2.24) is 10.2 Å². The minimum absolute atomic E-state index is 0.0350. The van der Waals surface area contributed by atoms with Gasteiger partial charge < -0.3 is 0 Å². The molecule has 1 atom stereocenters. The van der Waals surface area contributed by atoms with Crippen LogP contribution in [-0.2, 0) is 4.79 Å². The Balaban J connectivity index is 1.83. The van der Waals surface area contributed by atoms with Gasteiger partial charge in [-0.1, -0.05) is 0 Å². The largest absolute Gasteiger partial charge is 0.295 e. The zero-order chi connectivity index (χ0) is 14.1. The second-order valence-corrected chi connectivity index (χ2v) is 5.18. The van der Waals surface area contributed by atoms with E-state index in [1.54, 1.807) is 23.1 Å². The van der Waals surface area contributed by atoms with Crippen LogP contribution in [0.3, 0.4) is 0 Å². The third-order valence-corrected chi connectivity index (χ3v) is 3.86. The predicted molar refractivity (Wildman–Crippen MR) is 75.2 cm³/mol. The molecule has 1 unspecified atom stereocenters. The summed E-state index contributed by atoms with van der Waals surface area (Å²) in [5.41, 5.74) is 1.58. The Morgan fingerprint density at radius 2 is 2.15 bits per heavy atom. The Hall–Kier alpha value is -1.88. The summed E-state index contributed by atoms with van der Waals surface area (Å²) in [5, 5.41) is 7.03. The smallest absolute Gasteiger partial charge is 0.228 e. The number of halogens is 2. The van der Waals surface area contributed by atoms with Crippen LogP contribution in [0.1, 0.15) is 6.42 Å². The number of hydrogen-bond donors (Lipinski definition) is 1. The molecule has 1 aliphatic rings. The minimum atomic E-state index is -0.284. The molecule has 1 N–H and O–H groups in total. The molecular formula is C14H13ClFN3O. The first-order valence-electron chi connectivity index (χ1n) is 6.35. The van der Waals surface area contributed by atoms with E-state index in [4.69, 9.17) is 11.6 Å². The van der Waals surface area contributed by atoms with E-state index in [0.29, 0.717) is 24.7 Å². The summed E-state index contributed by atoms with van der Waals surface area (Å²) < 4.78 is 12.9. The zero-order valence-electron chi connectivity index (χ0n) is 10.6. The molecule has 1 aliphatic heterocycles. The highest BCUT2D eigenvalue weighted by Crippen LogP contribution is 2.27. The van der Waals surface area contributed by atoms with Gasteiger partial charge in [0.05, 0.1) is 5.69 Å². The molecule has 4 nitrogen and oxygen atoms in total. The second kappa shape index (κ2) is 5.25. The van der Waals surface area contributed by atoms with Crippen molar-refractivity contribution in [3.63, 3.8) is 0 Å². The highest BCUT2D eigenvalue weighted by Gasteiger charge is 2.31. The lowest BCUT2D eigenvalue weighted by Gasteiger charge is -2.11. The Morgan fingerprint density at radius 1 is 1.40 bits per heavy atom. The molecule has 1 saturated heterocycles. The number of anilines is 1. The number of nitrogens with zero attached hydrogens (tertiary/aromatic N) is 2. The van der Waals surface area contributed by atoms with Crippen molar-refractivity contribution in [3.05, 3.63) is 36.1 Å². The van der Waals surface area contributed by atoms with E-state index in [9.17, 15) is 9.18 Å². The van der Waals surface area contributed by atoms with Gasteiger partial charge in [-0.3, -0.25) is 14.8 Å². The quantitative estimate of drug-likeness (QED) is 0.885. The van der Waals surface area contributed by atoms with Gasteiger partial charge >= 0.3 is 0 Å². The molecule has 0 spiro atoms. The number of carbonyl (C=O) groups excluding carboxylic acids is 1. The number of nitrogens with one attached hydrogen (secondary N) is 1. The molecule has 0 bridgehead atoms. The van der Waals surface area contributed by atoms with Crippen molar-refractivity contribution >= 4 is 23.3 Å². The van der Waals surface area contributed by atoms with Crippen molar-refractivity contribution in [2.45, 2.75) is 6.42 Å². The Bertz CT molecular complexity index is 626. The number of hydrogen-bond acceptors (Lipinski definition) is 2. The van der Waals surface area contributed by atoms with Gasteiger partial charge in [-0.15, -0.1) is 11.6 Å². The van der Waals surface area contributed by atoms with E-state index in [1.165, 1.54) is 12.1 Å². The van der Waals surface area contributed by atoms with Crippen LogP contribution in [0.2, 0.25) is 0 Å². The third-order valence-electron chi connectivity index (χ3n) is 3.42. The molecule has 104 valence electrons. The first kappa shape index (κ1) is 13.1. The maximum atomic E-state index is 12.9. The van der Waals surface area contributed by atoms with E-state index >= 15 is 0 Å². The van der Waals surface area contributed by atoms with Gasteiger partial charge in [0.1, 0.15) is 5.82 Å². The summed E-state index contributed by atoms with van der Waals surface area (Å²) in [5.74, 6) is 0.982. The van der Waals surface area contributed by atoms with E-state index in [0.717, 1.165) is 11.3 Å². The number of H-pyrrole nitrogens is 1. The van der Waals surface area contributed by atoms with Crippen LogP contribution in [0.15, 0.2) is 30.3 Å². The van der Waals surface area contributed by atoms with E-state index in [-0.39, 0.29) is 17.6 Å². The average molecular weight is 294 g/mol. The number of carbonyl (C=O) groups is 1. The summed E-state index contributed by atoms with van der Waals surface area (Å²) >= 11 is 5.80. The van der Waals surface area contributed by atoms with Gasteiger partial charge in [0.2, 0.25) is 5.91 Å². The Labute approximate surface area is 120 Å². The molecule has 0 radical (unpaired) electrons. The van der Waals surface area contributed by atoms with Crippen LogP contribution in [0, 0.1) is 11.7 Å². The fourth-order valence-corrected chi connectivity index (χ4v) is 2.54. The van der Waals surface area contributed by atoms with Crippen LogP contribution >= 0.6 is 11.6 Å². The van der Waals surface area contributed by atoms with Crippen LogP contribution < -0.4 is 4.90 Å². The summed E-state index contributed by atoms with van der Waals surface area (Å²) in [6.45, 7) is 0.593. The first-order chi connectivity index (χ1) is 9.67. The van der Waals surface area contributed by atoms with Crippen molar-refractivity contribution in [2.24, 2.45) is 5.92 Å². The fraction of sp³-hybridized carbons (Fsp3) is 0.286. The first-order valence-corrected chi connectivity index (χ1v) is 6.88. The molecule has 2 heterocycles. The van der Waals surface area contributed by atoms with Crippen LogP contribution in [0.5, 0.6) is 0 Å². The molecule has 2 aromatic rings. The summed E-state index contributed by atoms with van der Waals surface area (Å²) in [6, 6.07) is 7.91. The SMILES string of the molecule is O=C1CC(CCl)CN1c1cc(-c2ccc(F)cc2)[nH]n1. The van der Waals surface area contributed by atoms with Gasteiger partial charge in [0.15, 0.2) is 5.82 Å². The predicted octanol–water partition coefficient (Wildman–Crippen LogP) is 2.81.